The summed E-state index contributed by atoms with van der Waals surface area (Å²) < 4.78 is 37.9. The summed E-state index contributed by atoms with van der Waals surface area (Å²) in [6, 6.07) is 0. The van der Waals surface area contributed by atoms with Gasteiger partial charge >= 0.3 is 23.9 Å². The van der Waals surface area contributed by atoms with Crippen LogP contribution in [0.2, 0.25) is 0 Å². The first-order valence-corrected chi connectivity index (χ1v) is 6.56. The van der Waals surface area contributed by atoms with Crippen LogP contribution in [0.3, 0.4) is 0 Å². The van der Waals surface area contributed by atoms with Gasteiger partial charge in [0.25, 0.3) is 0 Å². The van der Waals surface area contributed by atoms with Crippen molar-refractivity contribution in [2.45, 2.75) is 51.5 Å². The van der Waals surface area contributed by atoms with Gasteiger partial charge in [-0.2, -0.15) is 0 Å². The molecule has 5 atom stereocenters. The van der Waals surface area contributed by atoms with Crippen molar-refractivity contribution in [1.29, 1.82) is 0 Å². The minimum Gasteiger partial charge on any atom is -0.467 e. The standard InChI is InChI=1S/C13H17FO9/c1-5(15)20-8-9(21-6(2)16)11(13(18)19-4)23-12(14)10(8)22-7(3)17/h8-12H,1-4H3/t8-,9-,10+,11-,12+/m0/s1. The second-order valence-electron chi connectivity index (χ2n) is 4.65. The molecule has 1 rings (SSSR count). The van der Waals surface area contributed by atoms with E-state index in [1.165, 1.54) is 0 Å². The minimum absolute atomic E-state index is 0.844. The van der Waals surface area contributed by atoms with Crippen LogP contribution in [0, 0.1) is 0 Å². The Bertz CT molecular complexity index is 492. The fraction of sp³-hybridized carbons (Fsp3) is 0.692. The Labute approximate surface area is 130 Å². The molecule has 0 aromatic heterocycles. The number of methoxy groups -OCH3 is 1. The lowest BCUT2D eigenvalue weighted by molar-refractivity contribution is -0.271. The fourth-order valence-electron chi connectivity index (χ4n) is 2.07. The molecule has 0 bridgehead atoms. The first-order chi connectivity index (χ1) is 10.7. The van der Waals surface area contributed by atoms with E-state index >= 15 is 0 Å². The smallest absolute Gasteiger partial charge is 0.339 e. The number of hydrogen-bond donors (Lipinski definition) is 0. The van der Waals surface area contributed by atoms with Gasteiger partial charge in [-0.1, -0.05) is 0 Å². The number of rotatable bonds is 4. The molecule has 1 aliphatic heterocycles. The molecule has 1 heterocycles. The van der Waals surface area contributed by atoms with E-state index in [1.807, 2.05) is 0 Å². The monoisotopic (exact) mass is 336 g/mol. The summed E-state index contributed by atoms with van der Waals surface area (Å²) in [7, 11) is 1.02. The molecule has 0 radical (unpaired) electrons. The Kier molecular flexibility index (Phi) is 6.43. The van der Waals surface area contributed by atoms with Crippen molar-refractivity contribution >= 4 is 23.9 Å². The van der Waals surface area contributed by atoms with Gasteiger partial charge in [0.15, 0.2) is 24.4 Å². The quantitative estimate of drug-likeness (QED) is 0.502. The van der Waals surface area contributed by atoms with E-state index in [-0.39, 0.29) is 0 Å². The van der Waals surface area contributed by atoms with E-state index in [9.17, 15) is 23.6 Å². The van der Waals surface area contributed by atoms with Gasteiger partial charge in [0.2, 0.25) is 6.36 Å². The van der Waals surface area contributed by atoms with Gasteiger partial charge in [-0.05, 0) is 0 Å². The van der Waals surface area contributed by atoms with Crippen LogP contribution in [0.15, 0.2) is 0 Å². The number of esters is 4. The molecule has 0 spiro atoms. The molecule has 1 fully saturated rings. The Morgan fingerprint density at radius 1 is 0.826 bits per heavy atom. The topological polar surface area (TPSA) is 114 Å². The Morgan fingerprint density at radius 2 is 1.26 bits per heavy atom. The van der Waals surface area contributed by atoms with E-state index < -0.39 is 54.7 Å². The Hall–Kier alpha value is -2.23. The molecule has 1 saturated heterocycles. The van der Waals surface area contributed by atoms with Crippen molar-refractivity contribution in [3.63, 3.8) is 0 Å². The molecule has 0 amide bonds. The van der Waals surface area contributed by atoms with Crippen molar-refractivity contribution in [2.75, 3.05) is 7.11 Å². The largest absolute Gasteiger partial charge is 0.467 e. The van der Waals surface area contributed by atoms with Gasteiger partial charge in [-0.3, -0.25) is 14.4 Å². The summed E-state index contributed by atoms with van der Waals surface area (Å²) in [4.78, 5) is 45.3. The highest BCUT2D eigenvalue weighted by molar-refractivity contribution is 5.77. The maximum absolute atomic E-state index is 14.1. The highest BCUT2D eigenvalue weighted by Crippen LogP contribution is 2.30. The van der Waals surface area contributed by atoms with E-state index in [0.29, 0.717) is 0 Å². The zero-order valence-corrected chi connectivity index (χ0v) is 12.9. The second-order valence-corrected chi connectivity index (χ2v) is 4.65. The summed E-state index contributed by atoms with van der Waals surface area (Å²) in [6.07, 6.45) is -8.80. The highest BCUT2D eigenvalue weighted by Gasteiger charge is 2.55. The molecule has 0 unspecified atom stereocenters. The van der Waals surface area contributed by atoms with Crippen LogP contribution in [-0.2, 0) is 42.9 Å². The number of alkyl halides is 1. The summed E-state index contributed by atoms with van der Waals surface area (Å²) in [6.45, 7) is 3.05. The molecular weight excluding hydrogens is 319 g/mol. The van der Waals surface area contributed by atoms with Gasteiger partial charge in [-0.25, -0.2) is 9.18 Å². The molecule has 1 aliphatic rings. The molecule has 0 aliphatic carbocycles. The van der Waals surface area contributed by atoms with Gasteiger partial charge in [-0.15, -0.1) is 0 Å². The van der Waals surface area contributed by atoms with E-state index in [0.717, 1.165) is 27.9 Å². The molecule has 10 heteroatoms. The van der Waals surface area contributed by atoms with Crippen molar-refractivity contribution in [1.82, 2.24) is 0 Å². The van der Waals surface area contributed by atoms with Crippen molar-refractivity contribution in [2.24, 2.45) is 0 Å². The zero-order chi connectivity index (χ0) is 17.7. The molecule has 9 nitrogen and oxygen atoms in total. The van der Waals surface area contributed by atoms with Gasteiger partial charge < -0.3 is 23.7 Å². The maximum atomic E-state index is 14.1. The molecule has 0 aromatic carbocycles. The number of hydrogen-bond acceptors (Lipinski definition) is 9. The van der Waals surface area contributed by atoms with Crippen LogP contribution in [0.25, 0.3) is 0 Å². The van der Waals surface area contributed by atoms with Crippen molar-refractivity contribution in [3.8, 4) is 0 Å². The summed E-state index contributed by atoms with van der Waals surface area (Å²) in [5.74, 6) is -3.63. The average molecular weight is 336 g/mol. The van der Waals surface area contributed by atoms with Crippen LogP contribution in [0.1, 0.15) is 20.8 Å². The molecule has 0 saturated carbocycles. The van der Waals surface area contributed by atoms with Gasteiger partial charge in [0, 0.05) is 20.8 Å². The third kappa shape index (κ3) is 4.88. The van der Waals surface area contributed by atoms with Crippen molar-refractivity contribution < 1.29 is 47.3 Å². The summed E-state index contributed by atoms with van der Waals surface area (Å²) >= 11 is 0. The minimum atomic E-state index is -2.29. The normalized spacial score (nSPS) is 30.0. The molecular formula is C13H17FO9. The van der Waals surface area contributed by atoms with Gasteiger partial charge in [0.05, 0.1) is 7.11 Å². The Balaban J connectivity index is 3.21. The molecule has 0 N–H and O–H groups in total. The van der Waals surface area contributed by atoms with E-state index in [1.54, 1.807) is 0 Å². The summed E-state index contributed by atoms with van der Waals surface area (Å²) in [5, 5.41) is 0. The highest BCUT2D eigenvalue weighted by atomic mass is 19.1. The van der Waals surface area contributed by atoms with Gasteiger partial charge in [0.1, 0.15) is 0 Å². The number of carbonyl (C=O) groups excluding carboxylic acids is 4. The number of ether oxygens (including phenoxy) is 5. The van der Waals surface area contributed by atoms with Crippen LogP contribution < -0.4 is 0 Å². The summed E-state index contributed by atoms with van der Waals surface area (Å²) in [5.41, 5.74) is 0. The predicted octanol–water partition coefficient (Wildman–Crippen LogP) is -0.351. The number of halogens is 1. The number of carbonyl (C=O) groups is 4. The van der Waals surface area contributed by atoms with Crippen LogP contribution in [-0.4, -0.2) is 61.8 Å². The predicted molar refractivity (Wildman–Crippen MR) is 68.4 cm³/mol. The molecule has 130 valence electrons. The van der Waals surface area contributed by atoms with Crippen molar-refractivity contribution in [3.05, 3.63) is 0 Å². The lowest BCUT2D eigenvalue weighted by Crippen LogP contribution is -2.62. The first-order valence-electron chi connectivity index (χ1n) is 6.56. The maximum Gasteiger partial charge on any atom is 0.339 e. The third-order valence-corrected chi connectivity index (χ3v) is 2.82. The van der Waals surface area contributed by atoms with Crippen LogP contribution in [0.5, 0.6) is 0 Å². The van der Waals surface area contributed by atoms with Crippen LogP contribution in [0.4, 0.5) is 4.39 Å². The average Bonchev–Trinajstić information content (AvgIpc) is 2.43. The molecule has 23 heavy (non-hydrogen) atoms. The fourth-order valence-corrected chi connectivity index (χ4v) is 2.07. The molecule has 0 aromatic rings. The van der Waals surface area contributed by atoms with Crippen LogP contribution >= 0.6 is 0 Å². The first kappa shape index (κ1) is 18.8. The zero-order valence-electron chi connectivity index (χ0n) is 12.9. The van der Waals surface area contributed by atoms with E-state index in [2.05, 4.69) is 4.74 Å². The Morgan fingerprint density at radius 3 is 1.70 bits per heavy atom. The second kappa shape index (κ2) is 7.86. The third-order valence-electron chi connectivity index (χ3n) is 2.82. The lowest BCUT2D eigenvalue weighted by Gasteiger charge is -2.40. The lowest BCUT2D eigenvalue weighted by atomic mass is 9.98. The SMILES string of the molecule is COC(=O)[C@H]1O[C@@H](F)[C@H](OC(C)=O)[C@@H](OC(C)=O)[C@@H]1OC(C)=O. The van der Waals surface area contributed by atoms with E-state index in [4.69, 9.17) is 18.9 Å².